The van der Waals surface area contributed by atoms with Crippen LogP contribution in [0.25, 0.3) is 6.08 Å². The molecule has 1 aliphatic rings. The molecule has 0 bridgehead atoms. The highest BCUT2D eigenvalue weighted by Gasteiger charge is 2.27. The smallest absolute Gasteiger partial charge is 0.255 e. The summed E-state index contributed by atoms with van der Waals surface area (Å²) in [5, 5.41) is 33.8. The maximum atomic E-state index is 12.3. The number of morpholine rings is 1. The Labute approximate surface area is 166 Å². The van der Waals surface area contributed by atoms with E-state index in [4.69, 9.17) is 4.74 Å². The average Bonchev–Trinajstić information content (AvgIpc) is 2.68. The first-order valence-corrected chi connectivity index (χ1v) is 9.67. The van der Waals surface area contributed by atoms with Crippen molar-refractivity contribution in [2.75, 3.05) is 39.4 Å². The maximum absolute atomic E-state index is 12.3. The van der Waals surface area contributed by atoms with Crippen molar-refractivity contribution in [3.63, 3.8) is 0 Å². The van der Waals surface area contributed by atoms with Crippen molar-refractivity contribution >= 4 is 12.0 Å². The van der Waals surface area contributed by atoms with Gasteiger partial charge in [-0.1, -0.05) is 6.08 Å². The number of rotatable bonds is 7. The second-order valence-corrected chi connectivity index (χ2v) is 7.53. The maximum Gasteiger partial charge on any atom is 0.255 e. The third kappa shape index (κ3) is 5.25. The van der Waals surface area contributed by atoms with Gasteiger partial charge in [-0.05, 0) is 57.9 Å². The molecule has 1 atom stereocenters. The molecule has 1 heterocycles. The molecule has 0 spiro atoms. The molecule has 1 aliphatic heterocycles. The minimum atomic E-state index is -1.73. The van der Waals surface area contributed by atoms with Gasteiger partial charge >= 0.3 is 0 Å². The van der Waals surface area contributed by atoms with Crippen molar-refractivity contribution in [2.24, 2.45) is 0 Å². The van der Waals surface area contributed by atoms with Gasteiger partial charge in [-0.3, -0.25) is 9.69 Å². The largest absolute Gasteiger partial charge is 0.507 e. The van der Waals surface area contributed by atoms with Crippen LogP contribution in [0.3, 0.4) is 0 Å². The second-order valence-electron chi connectivity index (χ2n) is 7.53. The lowest BCUT2D eigenvalue weighted by Crippen LogP contribution is -2.44. The number of carbonyl (C=O) groups is 1. The fraction of sp³-hybridized carbons (Fsp3) is 0.571. The molecular weight excluding hydrogens is 360 g/mol. The minimum absolute atomic E-state index is 0.0331. The molecule has 1 saturated heterocycles. The number of carbonyl (C=O) groups excluding carboxylic acids is 1. The van der Waals surface area contributed by atoms with Crippen LogP contribution >= 0.6 is 0 Å². The number of nitrogens with zero attached hydrogens (tertiary/aromatic N) is 1. The van der Waals surface area contributed by atoms with E-state index in [1.54, 1.807) is 20.8 Å². The molecule has 7 heteroatoms. The Kier molecular flexibility index (Phi) is 7.46. The molecule has 1 fully saturated rings. The van der Waals surface area contributed by atoms with Crippen molar-refractivity contribution in [3.05, 3.63) is 28.3 Å². The molecule has 4 N–H and O–H groups in total. The van der Waals surface area contributed by atoms with Gasteiger partial charge in [0.25, 0.3) is 5.91 Å². The zero-order valence-corrected chi connectivity index (χ0v) is 17.2. The highest BCUT2D eigenvalue weighted by Crippen LogP contribution is 2.37. The molecule has 156 valence electrons. The van der Waals surface area contributed by atoms with Crippen LogP contribution in [0.5, 0.6) is 11.5 Å². The van der Waals surface area contributed by atoms with E-state index in [0.29, 0.717) is 28.8 Å². The van der Waals surface area contributed by atoms with Crippen molar-refractivity contribution in [3.8, 4) is 11.5 Å². The Bertz CT molecular complexity index is 708. The number of aliphatic hydroxyl groups is 1. The number of amides is 1. The zero-order valence-electron chi connectivity index (χ0n) is 17.2. The summed E-state index contributed by atoms with van der Waals surface area (Å²) < 4.78 is 5.30. The van der Waals surface area contributed by atoms with E-state index in [9.17, 15) is 20.1 Å². The highest BCUT2D eigenvalue weighted by molar-refractivity contribution is 5.88. The third-order valence-corrected chi connectivity index (χ3v) is 5.36. The predicted octanol–water partition coefficient (Wildman–Crippen LogP) is 1.63. The van der Waals surface area contributed by atoms with E-state index in [1.165, 1.54) is 19.1 Å². The fourth-order valence-corrected chi connectivity index (χ4v) is 3.18. The average molecular weight is 392 g/mol. The fourth-order valence-electron chi connectivity index (χ4n) is 3.18. The van der Waals surface area contributed by atoms with Gasteiger partial charge in [-0.25, -0.2) is 0 Å². The summed E-state index contributed by atoms with van der Waals surface area (Å²) in [4.78, 5) is 14.6. The second kappa shape index (κ2) is 9.41. The standard InChI is InChI=1S/C21H32N2O5/c1-14-15(2)19(25)17(16(3)18(14)24)6-7-21(4,27)20(26)22-8-5-9-23-10-12-28-13-11-23/h6-7,24-25,27H,5,8-13H2,1-4H3,(H,22,26). The molecule has 1 aromatic rings. The SMILES string of the molecule is Cc1c(C)c(O)c(C=CC(C)(O)C(=O)NCCCN2CCOCC2)c(C)c1O. The Hall–Kier alpha value is -2.09. The summed E-state index contributed by atoms with van der Waals surface area (Å²) in [7, 11) is 0. The molecule has 1 aromatic carbocycles. The zero-order chi connectivity index (χ0) is 20.9. The number of hydrogen-bond acceptors (Lipinski definition) is 6. The molecule has 28 heavy (non-hydrogen) atoms. The van der Waals surface area contributed by atoms with Gasteiger partial charge in [0.2, 0.25) is 0 Å². The van der Waals surface area contributed by atoms with E-state index in [0.717, 1.165) is 39.3 Å². The predicted molar refractivity (Wildman–Crippen MR) is 109 cm³/mol. The van der Waals surface area contributed by atoms with Gasteiger partial charge in [0, 0.05) is 30.8 Å². The van der Waals surface area contributed by atoms with E-state index in [1.807, 2.05) is 0 Å². The molecule has 0 saturated carbocycles. The van der Waals surface area contributed by atoms with Gasteiger partial charge in [0.05, 0.1) is 13.2 Å². The number of aromatic hydroxyl groups is 2. The number of benzene rings is 1. The highest BCUT2D eigenvalue weighted by atomic mass is 16.5. The lowest BCUT2D eigenvalue weighted by molar-refractivity contribution is -0.133. The van der Waals surface area contributed by atoms with Crippen LogP contribution in [-0.4, -0.2) is 71.1 Å². The lowest BCUT2D eigenvalue weighted by Gasteiger charge is -2.26. The first-order chi connectivity index (χ1) is 13.1. The monoisotopic (exact) mass is 392 g/mol. The normalized spacial score (nSPS) is 17.6. The van der Waals surface area contributed by atoms with Crippen LogP contribution < -0.4 is 5.32 Å². The first kappa shape index (κ1) is 22.2. The van der Waals surface area contributed by atoms with E-state index in [-0.39, 0.29) is 11.5 Å². The van der Waals surface area contributed by atoms with Crippen molar-refractivity contribution in [2.45, 2.75) is 39.7 Å². The summed E-state index contributed by atoms with van der Waals surface area (Å²) in [6.07, 6.45) is 3.60. The van der Waals surface area contributed by atoms with Crippen molar-refractivity contribution in [1.82, 2.24) is 10.2 Å². The van der Waals surface area contributed by atoms with Crippen LogP contribution in [0, 0.1) is 20.8 Å². The molecule has 0 aliphatic carbocycles. The summed E-state index contributed by atoms with van der Waals surface area (Å²) >= 11 is 0. The third-order valence-electron chi connectivity index (χ3n) is 5.36. The molecule has 0 radical (unpaired) electrons. The molecule has 1 unspecified atom stereocenters. The van der Waals surface area contributed by atoms with Crippen LogP contribution in [-0.2, 0) is 9.53 Å². The molecule has 2 rings (SSSR count). The molecule has 1 amide bonds. The first-order valence-electron chi connectivity index (χ1n) is 9.67. The topological polar surface area (TPSA) is 102 Å². The Morgan fingerprint density at radius 1 is 1.14 bits per heavy atom. The number of ether oxygens (including phenoxy) is 1. The Morgan fingerprint density at radius 2 is 1.75 bits per heavy atom. The molecular formula is C21H32N2O5. The Balaban J connectivity index is 1.95. The number of hydrogen-bond donors (Lipinski definition) is 4. The summed E-state index contributed by atoms with van der Waals surface area (Å²) in [6.45, 7) is 11.1. The van der Waals surface area contributed by atoms with E-state index in [2.05, 4.69) is 10.2 Å². The number of phenolic OH excluding ortho intramolecular Hbond substituents is 2. The van der Waals surface area contributed by atoms with E-state index >= 15 is 0 Å². The molecule has 7 nitrogen and oxygen atoms in total. The quantitative estimate of drug-likeness (QED) is 0.416. The lowest BCUT2D eigenvalue weighted by atomic mass is 9.95. The van der Waals surface area contributed by atoms with Crippen LogP contribution in [0.15, 0.2) is 6.08 Å². The molecule has 0 aromatic heterocycles. The van der Waals surface area contributed by atoms with Crippen molar-refractivity contribution in [1.29, 1.82) is 0 Å². The van der Waals surface area contributed by atoms with Gasteiger partial charge in [0.1, 0.15) is 11.5 Å². The van der Waals surface area contributed by atoms with E-state index < -0.39 is 11.5 Å². The minimum Gasteiger partial charge on any atom is -0.507 e. The number of nitrogens with one attached hydrogen (secondary N) is 1. The summed E-state index contributed by atoms with van der Waals surface area (Å²) in [5.41, 5.74) is 0.332. The summed E-state index contributed by atoms with van der Waals surface area (Å²) in [6, 6.07) is 0. The van der Waals surface area contributed by atoms with Gasteiger partial charge in [-0.15, -0.1) is 0 Å². The number of phenols is 2. The van der Waals surface area contributed by atoms with Crippen LogP contribution in [0.2, 0.25) is 0 Å². The summed E-state index contributed by atoms with van der Waals surface area (Å²) in [5.74, 6) is -0.371. The van der Waals surface area contributed by atoms with Crippen molar-refractivity contribution < 1.29 is 24.9 Å². The van der Waals surface area contributed by atoms with Crippen LogP contribution in [0.1, 0.15) is 35.6 Å². The van der Waals surface area contributed by atoms with Crippen LogP contribution in [0.4, 0.5) is 0 Å². The van der Waals surface area contributed by atoms with Gasteiger partial charge in [-0.2, -0.15) is 0 Å². The van der Waals surface area contributed by atoms with Gasteiger partial charge < -0.3 is 25.4 Å². The van der Waals surface area contributed by atoms with Gasteiger partial charge in [0.15, 0.2) is 5.60 Å². The Morgan fingerprint density at radius 3 is 2.39 bits per heavy atom.